The van der Waals surface area contributed by atoms with Crippen LogP contribution in [0.1, 0.15) is 93.2 Å². The van der Waals surface area contributed by atoms with Crippen LogP contribution in [-0.2, 0) is 9.59 Å². The highest BCUT2D eigenvalue weighted by molar-refractivity contribution is 6.46. The van der Waals surface area contributed by atoms with Crippen LogP contribution >= 0.6 is 0 Å². The van der Waals surface area contributed by atoms with Crippen LogP contribution < -0.4 is 5.32 Å². The normalized spacial score (nSPS) is 21.6. The lowest BCUT2D eigenvalue weighted by Crippen LogP contribution is -2.51. The predicted octanol–water partition coefficient (Wildman–Crippen LogP) is 5.88. The Kier molecular flexibility index (Phi) is 9.01. The molecule has 2 aromatic rings. The van der Waals surface area contributed by atoms with Crippen LogP contribution in [-0.4, -0.2) is 45.7 Å². The van der Waals surface area contributed by atoms with Gasteiger partial charge in [-0.05, 0) is 79.8 Å². The number of carbonyl (C=O) groups is 3. The molecule has 7 nitrogen and oxygen atoms in total. The van der Waals surface area contributed by atoms with E-state index in [2.05, 4.69) is 19.2 Å². The predicted molar refractivity (Wildman–Crippen MR) is 148 cm³/mol. The molecule has 2 aromatic carbocycles. The second kappa shape index (κ2) is 12.3. The van der Waals surface area contributed by atoms with Crippen LogP contribution in [0.5, 0.6) is 0 Å². The molecule has 4 rings (SSSR count). The molecule has 1 aliphatic heterocycles. The number of carbonyl (C=O) groups excluding carboxylic acids is 2. The molecule has 2 amide bonds. The number of halogens is 2. The Morgan fingerprint density at radius 3 is 2.35 bits per heavy atom. The first-order chi connectivity index (χ1) is 19.1. The van der Waals surface area contributed by atoms with Gasteiger partial charge < -0.3 is 15.3 Å². The highest BCUT2D eigenvalue weighted by atomic mass is 19.2. The van der Waals surface area contributed by atoms with Gasteiger partial charge in [0.15, 0.2) is 11.6 Å². The number of benzene rings is 2. The smallest absolute Gasteiger partial charge is 0.305 e. The summed E-state index contributed by atoms with van der Waals surface area (Å²) in [7, 11) is 0. The zero-order chi connectivity index (χ0) is 29.0. The van der Waals surface area contributed by atoms with E-state index in [0.717, 1.165) is 37.0 Å². The Balaban J connectivity index is 1.67. The van der Waals surface area contributed by atoms with Gasteiger partial charge in [0, 0.05) is 17.7 Å². The third-order valence-corrected chi connectivity index (χ3v) is 8.21. The molecular weight excluding hydrogens is 516 g/mol. The Bertz CT molecular complexity index is 1280. The van der Waals surface area contributed by atoms with Crippen molar-refractivity contribution in [2.75, 3.05) is 6.54 Å². The lowest BCUT2D eigenvalue weighted by atomic mass is 9.76. The van der Waals surface area contributed by atoms with Crippen molar-refractivity contribution in [1.82, 2.24) is 10.2 Å². The first-order valence-electron chi connectivity index (χ1n) is 14.0. The van der Waals surface area contributed by atoms with Crippen molar-refractivity contribution in [3.63, 3.8) is 0 Å². The summed E-state index contributed by atoms with van der Waals surface area (Å²) in [6, 6.07) is 10.1. The lowest BCUT2D eigenvalue weighted by molar-refractivity contribution is -0.137. The number of carboxylic acid groups (broad SMARTS) is 1. The molecule has 1 heterocycles. The molecule has 0 bridgehead atoms. The van der Waals surface area contributed by atoms with Crippen LogP contribution in [0.2, 0.25) is 0 Å². The number of rotatable bonds is 10. The van der Waals surface area contributed by atoms with Crippen molar-refractivity contribution < 1.29 is 28.3 Å². The molecule has 2 N–H and O–H groups in total. The number of hydrogen-bond donors (Lipinski definition) is 2. The van der Waals surface area contributed by atoms with Gasteiger partial charge in [0.25, 0.3) is 11.8 Å². The molecule has 40 heavy (non-hydrogen) atoms. The molecule has 1 fully saturated rings. The summed E-state index contributed by atoms with van der Waals surface area (Å²) in [5.74, 6) is -2.63. The molecule has 1 unspecified atom stereocenters. The van der Waals surface area contributed by atoms with Gasteiger partial charge in [-0.25, -0.2) is 8.78 Å². The van der Waals surface area contributed by atoms with Gasteiger partial charge in [0.2, 0.25) is 0 Å². The number of carboxylic acids is 1. The lowest BCUT2D eigenvalue weighted by Gasteiger charge is -2.46. The standard InChI is InChI=1S/C31H37F2N3O4/c1-4-5-26(21-6-8-22(9-7-21)29(39)34-17-14-27(37)38)36-30(40)28(23-10-11-24(32)25(33)18-23)35-31(36)15-12-20(13-16-31)19(2)3/h6-11,18-20,26H,4-5,12-17H2,1-3H3,(H,34,39)(H,37,38). The minimum absolute atomic E-state index is 0.0284. The molecule has 0 aromatic heterocycles. The average molecular weight is 554 g/mol. The van der Waals surface area contributed by atoms with Crippen molar-refractivity contribution in [3.05, 3.63) is 70.8 Å². The first-order valence-corrected chi connectivity index (χ1v) is 14.0. The molecule has 0 saturated heterocycles. The summed E-state index contributed by atoms with van der Waals surface area (Å²) >= 11 is 0. The van der Waals surface area contributed by atoms with E-state index in [1.165, 1.54) is 6.07 Å². The second-order valence-electron chi connectivity index (χ2n) is 11.2. The molecule has 1 atom stereocenters. The quantitative estimate of drug-likeness (QED) is 0.384. The Labute approximate surface area is 233 Å². The zero-order valence-corrected chi connectivity index (χ0v) is 23.3. The van der Waals surface area contributed by atoms with Crippen molar-refractivity contribution in [2.24, 2.45) is 16.8 Å². The third-order valence-electron chi connectivity index (χ3n) is 8.21. The summed E-state index contributed by atoms with van der Waals surface area (Å²) in [6.07, 6.45) is 4.45. The molecular formula is C31H37F2N3O4. The fourth-order valence-corrected chi connectivity index (χ4v) is 5.96. The maximum atomic E-state index is 14.2. The molecule has 1 saturated carbocycles. The van der Waals surface area contributed by atoms with E-state index in [1.807, 2.05) is 24.0 Å². The topological polar surface area (TPSA) is 99.1 Å². The Morgan fingerprint density at radius 2 is 1.77 bits per heavy atom. The van der Waals surface area contributed by atoms with Crippen LogP contribution in [0.15, 0.2) is 47.5 Å². The van der Waals surface area contributed by atoms with Crippen molar-refractivity contribution in [1.29, 1.82) is 0 Å². The van der Waals surface area contributed by atoms with Crippen molar-refractivity contribution in [3.8, 4) is 0 Å². The minimum Gasteiger partial charge on any atom is -0.481 e. The second-order valence-corrected chi connectivity index (χ2v) is 11.2. The Morgan fingerprint density at radius 1 is 1.10 bits per heavy atom. The maximum absolute atomic E-state index is 14.2. The minimum atomic E-state index is -1.02. The van der Waals surface area contributed by atoms with E-state index < -0.39 is 23.3 Å². The number of aliphatic carboxylic acids is 1. The first kappa shape index (κ1) is 29.4. The van der Waals surface area contributed by atoms with E-state index in [4.69, 9.17) is 10.1 Å². The van der Waals surface area contributed by atoms with Crippen LogP contribution in [0.25, 0.3) is 0 Å². The molecule has 2 aliphatic rings. The van der Waals surface area contributed by atoms with Crippen LogP contribution in [0.4, 0.5) is 8.78 Å². The largest absolute Gasteiger partial charge is 0.481 e. The number of nitrogens with one attached hydrogen (secondary N) is 1. The average Bonchev–Trinajstić information content (AvgIpc) is 3.20. The summed E-state index contributed by atoms with van der Waals surface area (Å²) in [5, 5.41) is 11.4. The third kappa shape index (κ3) is 6.08. The number of hydrogen-bond acceptors (Lipinski definition) is 4. The van der Waals surface area contributed by atoms with E-state index in [1.54, 1.807) is 12.1 Å². The molecule has 214 valence electrons. The zero-order valence-electron chi connectivity index (χ0n) is 23.3. The van der Waals surface area contributed by atoms with E-state index >= 15 is 0 Å². The highest BCUT2D eigenvalue weighted by Gasteiger charge is 2.52. The maximum Gasteiger partial charge on any atom is 0.305 e. The van der Waals surface area contributed by atoms with Gasteiger partial charge >= 0.3 is 5.97 Å². The van der Waals surface area contributed by atoms with Gasteiger partial charge in [-0.3, -0.25) is 19.4 Å². The molecule has 1 spiro atoms. The Hall–Kier alpha value is -3.62. The van der Waals surface area contributed by atoms with Crippen LogP contribution in [0, 0.1) is 23.5 Å². The number of amides is 2. The van der Waals surface area contributed by atoms with Crippen molar-refractivity contribution >= 4 is 23.5 Å². The van der Waals surface area contributed by atoms with Gasteiger partial charge in [0.05, 0.1) is 12.5 Å². The van der Waals surface area contributed by atoms with Gasteiger partial charge in [0.1, 0.15) is 11.4 Å². The van der Waals surface area contributed by atoms with Gasteiger partial charge in [-0.2, -0.15) is 0 Å². The monoisotopic (exact) mass is 553 g/mol. The van der Waals surface area contributed by atoms with Gasteiger partial charge in [-0.15, -0.1) is 0 Å². The number of aliphatic imine (C=N–C) groups is 1. The summed E-state index contributed by atoms with van der Waals surface area (Å²) in [6.45, 7) is 6.48. The fraction of sp³-hybridized carbons (Fsp3) is 0.484. The summed E-state index contributed by atoms with van der Waals surface area (Å²) in [5.41, 5.74) is 0.875. The van der Waals surface area contributed by atoms with E-state index in [9.17, 15) is 23.2 Å². The van der Waals surface area contributed by atoms with Crippen LogP contribution in [0.3, 0.4) is 0 Å². The van der Waals surface area contributed by atoms with E-state index in [0.29, 0.717) is 36.7 Å². The molecule has 9 heteroatoms. The highest BCUT2D eigenvalue weighted by Crippen LogP contribution is 2.48. The SMILES string of the molecule is CCCC(c1ccc(C(=O)NCCC(=O)O)cc1)N1C(=O)C(c2ccc(F)c(F)c2)=NC12CCC(C(C)C)CC2. The van der Waals surface area contributed by atoms with Crippen molar-refractivity contribution in [2.45, 2.75) is 77.4 Å². The van der Waals surface area contributed by atoms with Gasteiger partial charge in [-0.1, -0.05) is 39.3 Å². The fourth-order valence-electron chi connectivity index (χ4n) is 5.96. The summed E-state index contributed by atoms with van der Waals surface area (Å²) < 4.78 is 27.9. The number of nitrogens with zero attached hydrogens (tertiary/aromatic N) is 2. The summed E-state index contributed by atoms with van der Waals surface area (Å²) in [4.78, 5) is 44.2. The molecule has 1 aliphatic carbocycles. The van der Waals surface area contributed by atoms with E-state index in [-0.39, 0.29) is 42.1 Å². The molecule has 0 radical (unpaired) electrons.